The number of phenolic OH excluding ortho intramolecular Hbond substituents is 1. The van der Waals surface area contributed by atoms with E-state index in [2.05, 4.69) is 26.3 Å². The molecule has 2 fully saturated rings. The largest absolute Gasteiger partial charge is 0.508 e. The number of likely N-dealkylation sites (tertiary alicyclic amines) is 1. The maximum atomic E-state index is 13.9. The molecule has 2 saturated heterocycles. The number of fused-ring (bicyclic) bond motifs is 1. The molecule has 5 atom stereocenters. The van der Waals surface area contributed by atoms with Gasteiger partial charge in [-0.1, -0.05) is 30.3 Å². The molecule has 5 rings (SSSR count). The number of primary amides is 2. The van der Waals surface area contributed by atoms with Gasteiger partial charge in [0.05, 0.1) is 6.42 Å². The van der Waals surface area contributed by atoms with Crippen molar-refractivity contribution in [2.75, 3.05) is 6.54 Å². The molecule has 0 saturated carbocycles. The number of nitrogens with zero attached hydrogens (tertiary/aromatic N) is 1. The van der Waals surface area contributed by atoms with Gasteiger partial charge in [0.1, 0.15) is 36.0 Å². The van der Waals surface area contributed by atoms with Crippen LogP contribution in [0.1, 0.15) is 43.2 Å². The van der Waals surface area contributed by atoms with Crippen molar-refractivity contribution in [3.63, 3.8) is 0 Å². The Kier molecular flexibility index (Phi) is 11.0. The van der Waals surface area contributed by atoms with Gasteiger partial charge in [0.25, 0.3) is 0 Å². The SMILES string of the molecule is NC(=O)C[C@H](NC(=O)[C@@H]1CCC(=O)N1)C(=O)N1CCC[C@H]1C(=O)N[C@H](Cc1c[nH]c2ccccc12)C(=O)N[C@H](Cc1ccc(O)cc1)C(N)=O. The molecule has 0 spiro atoms. The van der Waals surface area contributed by atoms with Gasteiger partial charge in [0, 0.05) is 42.9 Å². The number of rotatable bonds is 14. The highest BCUT2D eigenvalue weighted by Gasteiger charge is 2.40. The molecular weight excluding hydrogens is 648 g/mol. The Balaban J connectivity index is 1.35. The lowest BCUT2D eigenvalue weighted by atomic mass is 10.0. The van der Waals surface area contributed by atoms with Crippen LogP contribution in [0.2, 0.25) is 0 Å². The smallest absolute Gasteiger partial charge is 0.246 e. The van der Waals surface area contributed by atoms with Crippen LogP contribution in [0, 0.1) is 0 Å². The minimum atomic E-state index is -1.38. The Bertz CT molecular complexity index is 1790. The van der Waals surface area contributed by atoms with Crippen molar-refractivity contribution in [1.82, 2.24) is 31.2 Å². The normalized spacial score (nSPS) is 18.9. The molecule has 1 aromatic heterocycles. The van der Waals surface area contributed by atoms with Crippen LogP contribution in [-0.2, 0) is 46.4 Å². The van der Waals surface area contributed by atoms with Crippen molar-refractivity contribution < 1.29 is 38.7 Å². The summed E-state index contributed by atoms with van der Waals surface area (Å²) in [5.41, 5.74) is 13.2. The Morgan fingerprint density at radius 3 is 2.28 bits per heavy atom. The van der Waals surface area contributed by atoms with Crippen molar-refractivity contribution in [3.8, 4) is 5.75 Å². The zero-order valence-electron chi connectivity index (χ0n) is 27.1. The Labute approximate surface area is 286 Å². The molecule has 0 radical (unpaired) electrons. The number of phenols is 1. The van der Waals surface area contributed by atoms with Crippen LogP contribution in [0.5, 0.6) is 5.75 Å². The Hall–Kier alpha value is -5.93. The molecule has 2 aromatic carbocycles. The van der Waals surface area contributed by atoms with Crippen molar-refractivity contribution in [2.24, 2.45) is 11.5 Å². The number of para-hydroxylation sites is 1. The third kappa shape index (κ3) is 8.56. The lowest BCUT2D eigenvalue weighted by Crippen LogP contribution is -2.59. The van der Waals surface area contributed by atoms with Gasteiger partial charge >= 0.3 is 0 Å². The number of H-pyrrole nitrogens is 1. The van der Waals surface area contributed by atoms with Crippen LogP contribution in [0.15, 0.2) is 54.7 Å². The summed E-state index contributed by atoms with van der Waals surface area (Å²) in [7, 11) is 0. The molecule has 0 aliphatic carbocycles. The van der Waals surface area contributed by atoms with E-state index in [9.17, 15) is 38.7 Å². The topological polar surface area (TPSA) is 259 Å². The zero-order valence-corrected chi connectivity index (χ0v) is 27.1. The van der Waals surface area contributed by atoms with Gasteiger partial charge in [0.2, 0.25) is 41.4 Å². The number of aromatic hydroxyl groups is 1. The zero-order chi connectivity index (χ0) is 35.9. The molecule has 264 valence electrons. The Morgan fingerprint density at radius 2 is 1.60 bits per heavy atom. The minimum absolute atomic E-state index is 0.0143. The molecule has 50 heavy (non-hydrogen) atoms. The van der Waals surface area contributed by atoms with Crippen LogP contribution in [-0.4, -0.2) is 93.1 Å². The van der Waals surface area contributed by atoms with Crippen molar-refractivity contribution in [1.29, 1.82) is 0 Å². The molecule has 16 nitrogen and oxygen atoms in total. The van der Waals surface area contributed by atoms with Crippen LogP contribution in [0.4, 0.5) is 0 Å². The van der Waals surface area contributed by atoms with E-state index in [1.165, 1.54) is 17.0 Å². The summed E-state index contributed by atoms with van der Waals surface area (Å²) >= 11 is 0. The molecule has 3 heterocycles. The van der Waals surface area contributed by atoms with Crippen molar-refractivity contribution in [3.05, 3.63) is 65.9 Å². The van der Waals surface area contributed by atoms with E-state index in [1.54, 1.807) is 18.3 Å². The summed E-state index contributed by atoms with van der Waals surface area (Å²) in [6, 6.07) is 7.78. The first-order valence-electron chi connectivity index (χ1n) is 16.3. The van der Waals surface area contributed by atoms with Gasteiger partial charge in [0.15, 0.2) is 0 Å². The van der Waals surface area contributed by atoms with Crippen LogP contribution in [0.3, 0.4) is 0 Å². The molecule has 10 N–H and O–H groups in total. The van der Waals surface area contributed by atoms with Gasteiger partial charge in [-0.15, -0.1) is 0 Å². The maximum Gasteiger partial charge on any atom is 0.246 e. The molecule has 0 unspecified atom stereocenters. The first-order chi connectivity index (χ1) is 23.9. The molecule has 2 aliphatic heterocycles. The fourth-order valence-corrected chi connectivity index (χ4v) is 6.35. The number of amides is 7. The van der Waals surface area contributed by atoms with E-state index in [-0.39, 0.29) is 50.3 Å². The fraction of sp³-hybridized carbons (Fsp3) is 0.382. The highest BCUT2D eigenvalue weighted by molar-refractivity contribution is 5.99. The number of carbonyl (C=O) groups excluding carboxylic acids is 7. The summed E-state index contributed by atoms with van der Waals surface area (Å²) in [5.74, 6) is -4.66. The minimum Gasteiger partial charge on any atom is -0.508 e. The van der Waals surface area contributed by atoms with Gasteiger partial charge in [-0.05, 0) is 48.6 Å². The number of nitrogens with two attached hydrogens (primary N) is 2. The number of hydrogen-bond donors (Lipinski definition) is 8. The van der Waals surface area contributed by atoms with Gasteiger partial charge < -0.3 is 47.7 Å². The average Bonchev–Trinajstić information content (AvgIpc) is 3.84. The first-order valence-corrected chi connectivity index (χ1v) is 16.3. The third-order valence-electron chi connectivity index (χ3n) is 8.94. The quantitative estimate of drug-likeness (QED) is 0.101. The number of carbonyl (C=O) groups is 7. The fourth-order valence-electron chi connectivity index (χ4n) is 6.35. The van der Waals surface area contributed by atoms with Gasteiger partial charge in [-0.25, -0.2) is 0 Å². The molecule has 16 heteroatoms. The highest BCUT2D eigenvalue weighted by atomic mass is 16.3. The number of aromatic nitrogens is 1. The third-order valence-corrected chi connectivity index (χ3v) is 8.94. The van der Waals surface area contributed by atoms with E-state index in [0.717, 1.165) is 10.9 Å². The number of benzene rings is 2. The molecular formula is C34H40N8O8. The van der Waals surface area contributed by atoms with Crippen LogP contribution in [0.25, 0.3) is 10.9 Å². The van der Waals surface area contributed by atoms with E-state index < -0.39 is 72.1 Å². The van der Waals surface area contributed by atoms with E-state index in [4.69, 9.17) is 11.5 Å². The van der Waals surface area contributed by atoms with E-state index in [1.807, 2.05) is 24.3 Å². The second-order valence-corrected chi connectivity index (χ2v) is 12.5. The summed E-state index contributed by atoms with van der Waals surface area (Å²) in [5, 5.41) is 20.9. The van der Waals surface area contributed by atoms with Crippen LogP contribution >= 0.6 is 0 Å². The first kappa shape index (κ1) is 35.4. The second-order valence-electron chi connectivity index (χ2n) is 12.5. The molecule has 3 aromatic rings. The molecule has 7 amide bonds. The monoisotopic (exact) mass is 688 g/mol. The Morgan fingerprint density at radius 1 is 0.880 bits per heavy atom. The van der Waals surface area contributed by atoms with E-state index in [0.29, 0.717) is 17.5 Å². The standard InChI is InChI=1S/C34H40N8O8/c35-28(44)16-26(41-31(47)23-11-12-29(45)38-23)34(50)42-13-3-6-27(42)33(49)40-25(15-19-17-37-22-5-2-1-4-21(19)22)32(48)39-24(30(36)46)14-18-7-9-20(43)10-8-18/h1-2,4-5,7-10,17,23-27,37,43H,3,6,11-16H2,(H2,35,44)(H2,36,46)(H,38,45)(H,39,48)(H,40,49)(H,41,47)/t23-,24+,25+,26-,27-/m0/s1. The van der Waals surface area contributed by atoms with Crippen molar-refractivity contribution in [2.45, 2.75) is 75.2 Å². The maximum absolute atomic E-state index is 13.9. The predicted octanol–water partition coefficient (Wildman–Crippen LogP) is -1.26. The predicted molar refractivity (Wildman–Crippen MR) is 179 cm³/mol. The highest BCUT2D eigenvalue weighted by Crippen LogP contribution is 2.22. The lowest BCUT2D eigenvalue weighted by molar-refractivity contribution is -0.143. The summed E-state index contributed by atoms with van der Waals surface area (Å²) in [4.78, 5) is 94.6. The lowest BCUT2D eigenvalue weighted by Gasteiger charge is -2.30. The summed E-state index contributed by atoms with van der Waals surface area (Å²) in [6.45, 7) is 0.137. The summed E-state index contributed by atoms with van der Waals surface area (Å²) in [6.07, 6.45) is 2.26. The van der Waals surface area contributed by atoms with Gasteiger partial charge in [-0.3, -0.25) is 33.6 Å². The number of hydrogen-bond acceptors (Lipinski definition) is 8. The molecule has 0 bridgehead atoms. The van der Waals surface area contributed by atoms with Gasteiger partial charge in [-0.2, -0.15) is 0 Å². The second kappa shape index (κ2) is 15.5. The van der Waals surface area contributed by atoms with Crippen molar-refractivity contribution >= 4 is 52.3 Å². The number of aromatic amines is 1. The van der Waals surface area contributed by atoms with E-state index >= 15 is 0 Å². The average molecular weight is 689 g/mol. The molecule has 2 aliphatic rings. The number of nitrogens with one attached hydrogen (secondary N) is 5. The summed E-state index contributed by atoms with van der Waals surface area (Å²) < 4.78 is 0. The van der Waals surface area contributed by atoms with Crippen LogP contribution < -0.4 is 32.7 Å².